The van der Waals surface area contributed by atoms with E-state index in [9.17, 15) is 4.79 Å². The van der Waals surface area contributed by atoms with Gasteiger partial charge in [-0.3, -0.25) is 4.79 Å². The highest BCUT2D eigenvalue weighted by Gasteiger charge is 2.42. The van der Waals surface area contributed by atoms with Gasteiger partial charge >= 0.3 is 0 Å². The summed E-state index contributed by atoms with van der Waals surface area (Å²) in [6, 6.07) is 7.35. The number of nitrogens with one attached hydrogen (secondary N) is 1. The highest BCUT2D eigenvalue weighted by molar-refractivity contribution is 7.99. The molecule has 0 fully saturated rings. The predicted octanol–water partition coefficient (Wildman–Crippen LogP) is 5.09. The molecule has 7 heteroatoms. The zero-order valence-electron chi connectivity index (χ0n) is 15.8. The molecule has 0 amide bonds. The molecule has 0 bridgehead atoms. The molecule has 2 heterocycles. The zero-order valence-corrected chi connectivity index (χ0v) is 17.3. The van der Waals surface area contributed by atoms with Gasteiger partial charge in [0.1, 0.15) is 6.04 Å². The number of carbonyl (C=O) groups is 1. The van der Waals surface area contributed by atoms with Crippen LogP contribution in [0.3, 0.4) is 0 Å². The van der Waals surface area contributed by atoms with Crippen LogP contribution in [0.2, 0.25) is 5.02 Å². The summed E-state index contributed by atoms with van der Waals surface area (Å²) >= 11 is 8.16. The number of aromatic nitrogens is 3. The van der Waals surface area contributed by atoms with E-state index in [1.807, 2.05) is 28.9 Å². The van der Waals surface area contributed by atoms with Gasteiger partial charge in [0, 0.05) is 34.0 Å². The number of anilines is 1. The Morgan fingerprint density at radius 2 is 2.11 bits per heavy atom. The van der Waals surface area contributed by atoms with Crippen LogP contribution >= 0.6 is 23.4 Å². The number of allylic oxidation sites excluding steroid dienone is 2. The van der Waals surface area contributed by atoms with Gasteiger partial charge in [-0.05, 0) is 24.3 Å². The Bertz CT molecular complexity index is 934. The zero-order chi connectivity index (χ0) is 19.2. The van der Waals surface area contributed by atoms with E-state index >= 15 is 0 Å². The molecule has 27 heavy (non-hydrogen) atoms. The van der Waals surface area contributed by atoms with Gasteiger partial charge in [0.15, 0.2) is 5.78 Å². The van der Waals surface area contributed by atoms with Gasteiger partial charge in [-0.15, -0.1) is 5.10 Å². The highest BCUT2D eigenvalue weighted by atomic mass is 35.5. The average molecular weight is 403 g/mol. The fourth-order valence-corrected chi connectivity index (χ4v) is 4.75. The summed E-state index contributed by atoms with van der Waals surface area (Å²) in [5.74, 6) is 1.80. The van der Waals surface area contributed by atoms with E-state index in [4.69, 9.17) is 16.7 Å². The summed E-state index contributed by atoms with van der Waals surface area (Å²) in [5.41, 5.74) is 2.54. The molecule has 142 valence electrons. The largest absolute Gasteiger partial charge is 0.328 e. The monoisotopic (exact) mass is 402 g/mol. The van der Waals surface area contributed by atoms with Gasteiger partial charge in [-0.25, -0.2) is 4.68 Å². The molecule has 2 aliphatic rings. The van der Waals surface area contributed by atoms with Crippen molar-refractivity contribution in [2.24, 2.45) is 5.41 Å². The third-order valence-corrected chi connectivity index (χ3v) is 6.34. The molecule has 1 unspecified atom stereocenters. The van der Waals surface area contributed by atoms with Crippen LogP contribution in [0.15, 0.2) is 40.7 Å². The fourth-order valence-electron chi connectivity index (χ4n) is 3.83. The molecule has 4 rings (SSSR count). The van der Waals surface area contributed by atoms with Gasteiger partial charge in [0.05, 0.1) is 0 Å². The lowest BCUT2D eigenvalue weighted by Gasteiger charge is -2.38. The number of halogens is 1. The number of thioether (sulfide) groups is 1. The lowest BCUT2D eigenvalue weighted by Crippen LogP contribution is -2.36. The first kappa shape index (κ1) is 18.6. The minimum Gasteiger partial charge on any atom is -0.328 e. The van der Waals surface area contributed by atoms with Crippen molar-refractivity contribution in [1.29, 1.82) is 0 Å². The second kappa shape index (κ2) is 6.99. The molecule has 0 saturated carbocycles. The second-order valence-corrected chi connectivity index (χ2v) is 9.36. The van der Waals surface area contributed by atoms with E-state index < -0.39 is 0 Å². The molecule has 1 aromatic carbocycles. The third-order valence-electron chi connectivity index (χ3n) is 4.95. The number of ketones is 1. The molecule has 1 aromatic heterocycles. The Hall–Kier alpha value is -1.79. The van der Waals surface area contributed by atoms with E-state index in [1.54, 1.807) is 11.8 Å². The number of benzene rings is 1. The quantitative estimate of drug-likeness (QED) is 0.721. The molecule has 1 N–H and O–H groups in total. The number of Topliss-reactive ketones (excluding diaryl/α,β-unsaturated/α-hetero) is 1. The Morgan fingerprint density at radius 3 is 2.85 bits per heavy atom. The van der Waals surface area contributed by atoms with E-state index in [1.165, 1.54) is 0 Å². The molecule has 0 radical (unpaired) electrons. The minimum absolute atomic E-state index is 0.0735. The van der Waals surface area contributed by atoms with Crippen LogP contribution in [0, 0.1) is 5.41 Å². The normalized spacial score (nSPS) is 20.9. The van der Waals surface area contributed by atoms with Crippen LogP contribution in [0.1, 0.15) is 51.6 Å². The maximum atomic E-state index is 13.1. The summed E-state index contributed by atoms with van der Waals surface area (Å²) in [6.45, 7) is 6.39. The maximum Gasteiger partial charge on any atom is 0.227 e. The third kappa shape index (κ3) is 3.41. The van der Waals surface area contributed by atoms with E-state index in [0.717, 1.165) is 40.6 Å². The second-order valence-electron chi connectivity index (χ2n) is 7.89. The Labute approximate surface area is 168 Å². The first-order valence-corrected chi connectivity index (χ1v) is 10.6. The van der Waals surface area contributed by atoms with Gasteiger partial charge in [-0.2, -0.15) is 4.98 Å². The summed E-state index contributed by atoms with van der Waals surface area (Å²) in [6.07, 6.45) is 2.38. The Balaban J connectivity index is 1.86. The molecule has 1 aliphatic carbocycles. The van der Waals surface area contributed by atoms with Crippen molar-refractivity contribution >= 4 is 35.1 Å². The molecule has 0 saturated heterocycles. The smallest absolute Gasteiger partial charge is 0.227 e. The number of nitrogens with zero attached hydrogens (tertiary/aromatic N) is 3. The van der Waals surface area contributed by atoms with Crippen molar-refractivity contribution in [2.75, 3.05) is 11.1 Å². The summed E-state index contributed by atoms with van der Waals surface area (Å²) in [4.78, 5) is 17.8. The number of hydrogen-bond acceptors (Lipinski definition) is 5. The number of hydrogen-bond donors (Lipinski definition) is 1. The van der Waals surface area contributed by atoms with Gasteiger partial charge < -0.3 is 5.32 Å². The molecule has 1 atom stereocenters. The van der Waals surface area contributed by atoms with Crippen LogP contribution in [-0.2, 0) is 4.79 Å². The molecular weight excluding hydrogens is 380 g/mol. The van der Waals surface area contributed by atoms with Crippen molar-refractivity contribution < 1.29 is 4.79 Å². The van der Waals surface area contributed by atoms with E-state index in [0.29, 0.717) is 17.4 Å². The van der Waals surface area contributed by atoms with Crippen molar-refractivity contribution in [3.8, 4) is 0 Å². The molecule has 1 aliphatic heterocycles. The minimum atomic E-state index is -0.336. The Kier molecular flexibility index (Phi) is 4.80. The fraction of sp³-hybridized carbons (Fsp3) is 0.450. The average Bonchev–Trinajstić information content (AvgIpc) is 3.00. The first-order chi connectivity index (χ1) is 12.9. The molecule has 2 aromatic rings. The van der Waals surface area contributed by atoms with Crippen LogP contribution in [-0.4, -0.2) is 26.3 Å². The van der Waals surface area contributed by atoms with Crippen LogP contribution in [0.5, 0.6) is 0 Å². The predicted molar refractivity (Wildman–Crippen MR) is 109 cm³/mol. The summed E-state index contributed by atoms with van der Waals surface area (Å²) in [5, 5.41) is 9.46. The molecular formula is C20H23ClN4OS. The summed E-state index contributed by atoms with van der Waals surface area (Å²) in [7, 11) is 0. The van der Waals surface area contributed by atoms with Gasteiger partial charge in [0.2, 0.25) is 11.1 Å². The summed E-state index contributed by atoms with van der Waals surface area (Å²) < 4.78 is 1.83. The van der Waals surface area contributed by atoms with Crippen molar-refractivity contribution in [1.82, 2.24) is 14.8 Å². The van der Waals surface area contributed by atoms with Crippen LogP contribution < -0.4 is 5.32 Å². The van der Waals surface area contributed by atoms with E-state index in [-0.39, 0.29) is 17.2 Å². The van der Waals surface area contributed by atoms with Gasteiger partial charge in [-0.1, -0.05) is 62.3 Å². The standard InChI is InChI=1S/C20H23ClN4OS/c1-4-9-27-19-23-18-22-14-10-20(2,3)11-15(26)16(14)17(25(18)24-19)12-7-5-6-8-13(12)21/h5-8,17H,4,9-11H2,1-3H3,(H,22,23,24). The van der Waals surface area contributed by atoms with Crippen LogP contribution in [0.4, 0.5) is 5.95 Å². The highest BCUT2D eigenvalue weighted by Crippen LogP contribution is 2.46. The maximum absolute atomic E-state index is 13.1. The Morgan fingerprint density at radius 1 is 1.33 bits per heavy atom. The lowest BCUT2D eigenvalue weighted by atomic mass is 9.73. The van der Waals surface area contributed by atoms with Crippen LogP contribution in [0.25, 0.3) is 0 Å². The number of fused-ring (bicyclic) bond motifs is 1. The van der Waals surface area contributed by atoms with Crippen molar-refractivity contribution in [3.05, 3.63) is 46.1 Å². The topological polar surface area (TPSA) is 59.8 Å². The van der Waals surface area contributed by atoms with Crippen molar-refractivity contribution in [2.45, 2.75) is 51.2 Å². The first-order valence-electron chi connectivity index (χ1n) is 9.26. The molecule has 0 spiro atoms. The van der Waals surface area contributed by atoms with Gasteiger partial charge in [0.25, 0.3) is 0 Å². The SMILES string of the molecule is CCCSc1nc2n(n1)C(c1ccccc1Cl)C1=C(CC(C)(C)CC1=O)N2. The van der Waals surface area contributed by atoms with Crippen molar-refractivity contribution in [3.63, 3.8) is 0 Å². The molecule has 5 nitrogen and oxygen atoms in total. The number of carbonyl (C=O) groups excluding carboxylic acids is 1. The lowest BCUT2D eigenvalue weighted by molar-refractivity contribution is -0.118. The number of rotatable bonds is 4. The van der Waals surface area contributed by atoms with E-state index in [2.05, 4.69) is 31.1 Å².